The minimum absolute atomic E-state index is 0.0619. The van der Waals surface area contributed by atoms with Gasteiger partial charge >= 0.3 is 0 Å². The zero-order valence-electron chi connectivity index (χ0n) is 15.0. The maximum atomic E-state index is 12.1. The van der Waals surface area contributed by atoms with E-state index in [1.165, 1.54) is 0 Å². The van der Waals surface area contributed by atoms with Crippen LogP contribution in [0, 0.1) is 6.92 Å². The third-order valence-corrected chi connectivity index (χ3v) is 4.34. The molecule has 0 bridgehead atoms. The number of hydrogen-bond donors (Lipinski definition) is 2. The second kappa shape index (κ2) is 9.13. The van der Waals surface area contributed by atoms with Crippen molar-refractivity contribution >= 4 is 11.6 Å². The van der Waals surface area contributed by atoms with Crippen molar-refractivity contribution in [1.29, 1.82) is 0 Å². The van der Waals surface area contributed by atoms with Gasteiger partial charge in [-0.05, 0) is 33.2 Å². The van der Waals surface area contributed by atoms with Gasteiger partial charge in [0.25, 0.3) is 0 Å². The average Bonchev–Trinajstić information content (AvgIpc) is 2.51. The standard InChI is InChI=1S/C18H30N4O2/c1-15-4-6-16(7-5-15)19-18(24)14-21(3)12-17(23)13-22-10-8-20(2)9-11-22/h4-7,17,23H,8-14H2,1-3H3,(H,19,24). The third-order valence-electron chi connectivity index (χ3n) is 4.34. The van der Waals surface area contributed by atoms with Crippen LogP contribution in [0.5, 0.6) is 0 Å². The van der Waals surface area contributed by atoms with Crippen LogP contribution in [0.2, 0.25) is 0 Å². The number of likely N-dealkylation sites (N-methyl/N-ethyl adjacent to an activating group) is 2. The number of piperazine rings is 1. The second-order valence-electron chi connectivity index (χ2n) is 6.87. The highest BCUT2D eigenvalue weighted by molar-refractivity contribution is 5.92. The fourth-order valence-corrected chi connectivity index (χ4v) is 2.89. The van der Waals surface area contributed by atoms with Gasteiger partial charge in [0, 0.05) is 45.0 Å². The summed E-state index contributed by atoms with van der Waals surface area (Å²) < 4.78 is 0. The first-order valence-corrected chi connectivity index (χ1v) is 8.56. The van der Waals surface area contributed by atoms with Crippen LogP contribution in [0.1, 0.15) is 5.56 Å². The molecule has 1 aliphatic rings. The molecule has 0 aromatic heterocycles. The van der Waals surface area contributed by atoms with Gasteiger partial charge < -0.3 is 15.3 Å². The van der Waals surface area contributed by atoms with E-state index in [4.69, 9.17) is 0 Å². The normalized spacial score (nSPS) is 17.9. The van der Waals surface area contributed by atoms with Crippen LogP contribution in [0.25, 0.3) is 0 Å². The summed E-state index contributed by atoms with van der Waals surface area (Å²) in [6.07, 6.45) is -0.439. The molecule has 0 aliphatic carbocycles. The Hall–Kier alpha value is -1.47. The number of benzene rings is 1. The Morgan fingerprint density at radius 2 is 1.88 bits per heavy atom. The lowest BCUT2D eigenvalue weighted by molar-refractivity contribution is -0.117. The number of hydrogen-bond acceptors (Lipinski definition) is 5. The van der Waals surface area contributed by atoms with Crippen molar-refractivity contribution in [2.75, 3.05) is 65.2 Å². The van der Waals surface area contributed by atoms with Gasteiger partial charge in [-0.1, -0.05) is 17.7 Å². The predicted octanol–water partition coefficient (Wildman–Crippen LogP) is 0.474. The summed E-state index contributed by atoms with van der Waals surface area (Å²) in [5.41, 5.74) is 1.97. The molecule has 1 saturated heterocycles. The molecule has 1 heterocycles. The number of carbonyl (C=O) groups is 1. The minimum Gasteiger partial charge on any atom is -0.390 e. The van der Waals surface area contributed by atoms with Crippen molar-refractivity contribution in [3.63, 3.8) is 0 Å². The summed E-state index contributed by atoms with van der Waals surface area (Å²) in [4.78, 5) is 18.5. The van der Waals surface area contributed by atoms with Gasteiger partial charge in [-0.15, -0.1) is 0 Å². The van der Waals surface area contributed by atoms with Gasteiger partial charge in [0.2, 0.25) is 5.91 Å². The molecule has 0 radical (unpaired) electrons. The third kappa shape index (κ3) is 6.57. The van der Waals surface area contributed by atoms with E-state index in [-0.39, 0.29) is 12.5 Å². The molecule has 1 atom stereocenters. The van der Waals surface area contributed by atoms with Crippen molar-refractivity contribution < 1.29 is 9.90 Å². The summed E-state index contributed by atoms with van der Waals surface area (Å²) in [7, 11) is 3.98. The molecule has 1 unspecified atom stereocenters. The number of rotatable bonds is 7. The number of amides is 1. The van der Waals surface area contributed by atoms with Gasteiger partial charge in [-0.3, -0.25) is 14.6 Å². The van der Waals surface area contributed by atoms with Crippen LogP contribution in [0.4, 0.5) is 5.69 Å². The number of aliphatic hydroxyl groups is 1. The highest BCUT2D eigenvalue weighted by atomic mass is 16.3. The first kappa shape index (κ1) is 18.9. The van der Waals surface area contributed by atoms with E-state index < -0.39 is 6.10 Å². The lowest BCUT2D eigenvalue weighted by Gasteiger charge is -2.34. The monoisotopic (exact) mass is 334 g/mol. The highest BCUT2D eigenvalue weighted by Gasteiger charge is 2.18. The van der Waals surface area contributed by atoms with Crippen LogP contribution < -0.4 is 5.32 Å². The van der Waals surface area contributed by atoms with E-state index >= 15 is 0 Å². The zero-order chi connectivity index (χ0) is 17.5. The Labute approximate surface area is 145 Å². The summed E-state index contributed by atoms with van der Waals surface area (Å²) in [6, 6.07) is 7.74. The van der Waals surface area contributed by atoms with Crippen LogP contribution in [-0.2, 0) is 4.79 Å². The molecule has 1 amide bonds. The highest BCUT2D eigenvalue weighted by Crippen LogP contribution is 2.08. The Balaban J connectivity index is 1.68. The van der Waals surface area contributed by atoms with E-state index in [0.717, 1.165) is 37.4 Å². The molecule has 1 aliphatic heterocycles. The predicted molar refractivity (Wildman–Crippen MR) is 97.2 cm³/mol. The summed E-state index contributed by atoms with van der Waals surface area (Å²) in [5, 5.41) is 13.1. The van der Waals surface area contributed by atoms with Gasteiger partial charge in [0.1, 0.15) is 0 Å². The maximum absolute atomic E-state index is 12.1. The van der Waals surface area contributed by atoms with E-state index in [9.17, 15) is 9.90 Å². The Morgan fingerprint density at radius 3 is 2.50 bits per heavy atom. The number of nitrogens with one attached hydrogen (secondary N) is 1. The number of anilines is 1. The van der Waals surface area contributed by atoms with Crippen molar-refractivity contribution in [3.8, 4) is 0 Å². The van der Waals surface area contributed by atoms with Crippen LogP contribution in [0.15, 0.2) is 24.3 Å². The molecule has 6 heteroatoms. The van der Waals surface area contributed by atoms with E-state index in [0.29, 0.717) is 13.1 Å². The van der Waals surface area contributed by atoms with Crippen LogP contribution in [0.3, 0.4) is 0 Å². The molecular weight excluding hydrogens is 304 g/mol. The summed E-state index contributed by atoms with van der Waals surface area (Å²) in [5.74, 6) is -0.0619. The second-order valence-corrected chi connectivity index (χ2v) is 6.87. The van der Waals surface area contributed by atoms with Gasteiger partial charge in [-0.2, -0.15) is 0 Å². The fourth-order valence-electron chi connectivity index (χ4n) is 2.89. The molecular formula is C18H30N4O2. The van der Waals surface area contributed by atoms with Crippen LogP contribution >= 0.6 is 0 Å². The van der Waals surface area contributed by atoms with Crippen LogP contribution in [-0.4, -0.2) is 91.7 Å². The number of aryl methyl sites for hydroxylation is 1. The molecule has 1 fully saturated rings. The first-order valence-electron chi connectivity index (χ1n) is 8.56. The zero-order valence-corrected chi connectivity index (χ0v) is 15.0. The summed E-state index contributed by atoms with van der Waals surface area (Å²) in [6.45, 7) is 7.51. The Kier molecular flexibility index (Phi) is 7.17. The minimum atomic E-state index is -0.439. The SMILES string of the molecule is Cc1ccc(NC(=O)CN(C)CC(O)CN2CCN(C)CC2)cc1. The number of β-amino-alcohol motifs (C(OH)–C–C–N with tert-alkyl or cyclic N) is 1. The molecule has 1 aromatic carbocycles. The smallest absolute Gasteiger partial charge is 0.238 e. The molecule has 2 rings (SSSR count). The Morgan fingerprint density at radius 1 is 1.25 bits per heavy atom. The number of aliphatic hydroxyl groups excluding tert-OH is 1. The number of carbonyl (C=O) groups excluding carboxylic acids is 1. The lowest BCUT2D eigenvalue weighted by atomic mass is 10.2. The fraction of sp³-hybridized carbons (Fsp3) is 0.611. The lowest BCUT2D eigenvalue weighted by Crippen LogP contribution is -2.48. The van der Waals surface area contributed by atoms with Gasteiger partial charge in [0.05, 0.1) is 12.6 Å². The molecule has 134 valence electrons. The van der Waals surface area contributed by atoms with E-state index in [1.807, 2.05) is 43.1 Å². The molecule has 1 aromatic rings. The molecule has 24 heavy (non-hydrogen) atoms. The van der Waals surface area contributed by atoms with Gasteiger partial charge in [0.15, 0.2) is 0 Å². The van der Waals surface area contributed by atoms with Crippen molar-refractivity contribution in [2.45, 2.75) is 13.0 Å². The average molecular weight is 334 g/mol. The van der Waals surface area contributed by atoms with Crippen molar-refractivity contribution in [3.05, 3.63) is 29.8 Å². The number of nitrogens with zero attached hydrogens (tertiary/aromatic N) is 3. The van der Waals surface area contributed by atoms with E-state index in [1.54, 1.807) is 0 Å². The van der Waals surface area contributed by atoms with Gasteiger partial charge in [-0.25, -0.2) is 0 Å². The van der Waals surface area contributed by atoms with Crippen molar-refractivity contribution in [1.82, 2.24) is 14.7 Å². The van der Waals surface area contributed by atoms with E-state index in [2.05, 4.69) is 22.2 Å². The first-order chi connectivity index (χ1) is 11.4. The maximum Gasteiger partial charge on any atom is 0.238 e. The molecule has 0 saturated carbocycles. The molecule has 0 spiro atoms. The molecule has 6 nitrogen and oxygen atoms in total. The topological polar surface area (TPSA) is 59.1 Å². The van der Waals surface area contributed by atoms with Crippen molar-refractivity contribution in [2.24, 2.45) is 0 Å². The Bertz CT molecular complexity index is 512. The molecule has 2 N–H and O–H groups in total. The largest absolute Gasteiger partial charge is 0.390 e. The summed E-state index contributed by atoms with van der Waals surface area (Å²) >= 11 is 0. The quantitative estimate of drug-likeness (QED) is 0.759.